The Morgan fingerprint density at radius 1 is 0.333 bits per heavy atom. The molecule has 188 valence electrons. The third kappa shape index (κ3) is 4.36. The third-order valence-electron chi connectivity index (χ3n) is 7.44. The van der Waals surface area contributed by atoms with E-state index in [1.807, 2.05) is 84.9 Å². The van der Waals surface area contributed by atoms with Gasteiger partial charge in [0.05, 0.1) is 5.41 Å². The van der Waals surface area contributed by atoms with Gasteiger partial charge in [0.25, 0.3) is 0 Å². The monoisotopic (exact) mass is 504 g/mol. The van der Waals surface area contributed by atoms with Crippen LogP contribution in [0.2, 0.25) is 0 Å². The highest BCUT2D eigenvalue weighted by molar-refractivity contribution is 5.76. The van der Waals surface area contributed by atoms with Crippen LogP contribution in [0.5, 0.6) is 11.5 Å². The van der Waals surface area contributed by atoms with E-state index in [1.165, 1.54) is 0 Å². The van der Waals surface area contributed by atoms with Crippen molar-refractivity contribution in [1.82, 2.24) is 0 Å². The molecule has 0 amide bonds. The molecule has 0 saturated carbocycles. The first-order chi connectivity index (χ1) is 19.2. The first kappa shape index (κ1) is 24.3. The van der Waals surface area contributed by atoms with Gasteiger partial charge in [0, 0.05) is 11.1 Å². The van der Waals surface area contributed by atoms with Gasteiger partial charge in [-0.05, 0) is 57.6 Å². The lowest BCUT2D eigenvalue weighted by Gasteiger charge is -2.37. The molecule has 0 saturated heterocycles. The Balaban J connectivity index is 1.71. The summed E-state index contributed by atoms with van der Waals surface area (Å²) in [6.45, 7) is 0. The van der Waals surface area contributed by atoms with E-state index in [2.05, 4.69) is 60.7 Å². The van der Waals surface area contributed by atoms with Crippen molar-refractivity contribution >= 4 is 0 Å². The first-order valence-electron chi connectivity index (χ1n) is 13.1. The molecule has 0 aliphatic carbocycles. The van der Waals surface area contributed by atoms with Crippen LogP contribution in [0, 0.1) is 0 Å². The van der Waals surface area contributed by atoms with Crippen molar-refractivity contribution in [3.63, 3.8) is 0 Å². The maximum atomic E-state index is 11.0. The van der Waals surface area contributed by atoms with E-state index in [0.717, 1.165) is 44.5 Å². The number of phenolic OH excluding ortho intramolecular Hbond substituents is 2. The average molecular weight is 505 g/mol. The molecule has 0 heterocycles. The first-order valence-corrected chi connectivity index (χ1v) is 13.1. The number of hydrogen-bond acceptors (Lipinski definition) is 2. The van der Waals surface area contributed by atoms with Crippen molar-refractivity contribution in [2.24, 2.45) is 0 Å². The Hall–Kier alpha value is -5.08. The number of aromatic hydroxyl groups is 2. The Morgan fingerprint density at radius 3 is 1.03 bits per heavy atom. The molecule has 6 aromatic carbocycles. The van der Waals surface area contributed by atoms with Crippen LogP contribution < -0.4 is 0 Å². The molecule has 0 fully saturated rings. The minimum Gasteiger partial charge on any atom is -0.507 e. The van der Waals surface area contributed by atoms with Gasteiger partial charge in [-0.15, -0.1) is 0 Å². The highest BCUT2D eigenvalue weighted by Crippen LogP contribution is 2.48. The zero-order valence-electron chi connectivity index (χ0n) is 21.4. The number of phenols is 2. The lowest BCUT2D eigenvalue weighted by atomic mass is 9.64. The van der Waals surface area contributed by atoms with E-state index >= 15 is 0 Å². The summed E-state index contributed by atoms with van der Waals surface area (Å²) in [7, 11) is 0. The second-order valence-corrected chi connectivity index (χ2v) is 9.68. The van der Waals surface area contributed by atoms with E-state index in [9.17, 15) is 10.2 Å². The van der Waals surface area contributed by atoms with E-state index in [-0.39, 0.29) is 11.5 Å². The van der Waals surface area contributed by atoms with Gasteiger partial charge in [0.15, 0.2) is 0 Å². The fourth-order valence-corrected chi connectivity index (χ4v) is 5.61. The molecule has 0 aliphatic rings. The maximum Gasteiger partial charge on any atom is 0.123 e. The van der Waals surface area contributed by atoms with Gasteiger partial charge >= 0.3 is 0 Å². The van der Waals surface area contributed by atoms with Gasteiger partial charge < -0.3 is 10.2 Å². The second kappa shape index (κ2) is 10.4. The highest BCUT2D eigenvalue weighted by atomic mass is 16.3. The molecule has 39 heavy (non-hydrogen) atoms. The second-order valence-electron chi connectivity index (χ2n) is 9.68. The predicted molar refractivity (Wildman–Crippen MR) is 159 cm³/mol. The summed E-state index contributed by atoms with van der Waals surface area (Å²) in [6.07, 6.45) is 0. The fourth-order valence-electron chi connectivity index (χ4n) is 5.61. The average Bonchev–Trinajstić information content (AvgIpc) is 3.01. The zero-order valence-corrected chi connectivity index (χ0v) is 21.4. The molecule has 6 aromatic rings. The van der Waals surface area contributed by atoms with Crippen LogP contribution in [0.1, 0.15) is 22.3 Å². The fraction of sp³-hybridized carbons (Fsp3) is 0.0270. The van der Waals surface area contributed by atoms with Crippen molar-refractivity contribution in [3.8, 4) is 33.8 Å². The molecule has 0 bridgehead atoms. The predicted octanol–water partition coefficient (Wildman–Crippen LogP) is 8.81. The van der Waals surface area contributed by atoms with Gasteiger partial charge in [0.1, 0.15) is 11.5 Å². The number of hydrogen-bond donors (Lipinski definition) is 2. The molecule has 6 rings (SSSR count). The summed E-state index contributed by atoms with van der Waals surface area (Å²) >= 11 is 0. The summed E-state index contributed by atoms with van der Waals surface area (Å²) in [5.74, 6) is 0.464. The Morgan fingerprint density at radius 2 is 0.667 bits per heavy atom. The molecule has 0 atom stereocenters. The van der Waals surface area contributed by atoms with Crippen LogP contribution in [0.25, 0.3) is 22.3 Å². The van der Waals surface area contributed by atoms with Gasteiger partial charge in [-0.25, -0.2) is 0 Å². The van der Waals surface area contributed by atoms with Crippen LogP contribution >= 0.6 is 0 Å². The van der Waals surface area contributed by atoms with Crippen LogP contribution in [0.4, 0.5) is 0 Å². The molecule has 0 unspecified atom stereocenters. The molecule has 2 heteroatoms. The standard InChI is InChI=1S/C37H28O2/c38-35-23-21-31(25-33(35)27-13-5-1-6-14-27)37(29-17-9-3-10-18-29,30-19-11-4-12-20-30)32-22-24-36(39)34(26-32)28-15-7-2-8-16-28/h1-26,38-39H. The van der Waals surface area contributed by atoms with E-state index < -0.39 is 5.41 Å². The SMILES string of the molecule is Oc1ccc(C(c2ccccc2)(c2ccccc2)c2ccc(O)c(-c3ccccc3)c2)cc1-c1ccccc1. The summed E-state index contributed by atoms with van der Waals surface area (Å²) in [5.41, 5.74) is 6.92. The van der Waals surface area contributed by atoms with Gasteiger partial charge in [-0.3, -0.25) is 0 Å². The number of benzene rings is 6. The summed E-state index contributed by atoms with van der Waals surface area (Å²) in [5, 5.41) is 21.9. The van der Waals surface area contributed by atoms with E-state index in [0.29, 0.717) is 0 Å². The topological polar surface area (TPSA) is 40.5 Å². The minimum atomic E-state index is -0.725. The zero-order chi connectivity index (χ0) is 26.7. The van der Waals surface area contributed by atoms with Crippen molar-refractivity contribution < 1.29 is 10.2 Å². The Kier molecular flexibility index (Phi) is 6.44. The minimum absolute atomic E-state index is 0.232. The largest absolute Gasteiger partial charge is 0.507 e. The summed E-state index contributed by atoms with van der Waals surface area (Å²) in [4.78, 5) is 0. The highest BCUT2D eigenvalue weighted by Gasteiger charge is 2.39. The van der Waals surface area contributed by atoms with E-state index in [1.54, 1.807) is 12.1 Å². The van der Waals surface area contributed by atoms with Crippen molar-refractivity contribution in [1.29, 1.82) is 0 Å². The van der Waals surface area contributed by atoms with Crippen molar-refractivity contribution in [2.45, 2.75) is 5.41 Å². The van der Waals surface area contributed by atoms with Crippen LogP contribution in [0.15, 0.2) is 158 Å². The maximum absolute atomic E-state index is 11.0. The Bertz CT molecular complexity index is 1560. The molecule has 0 aromatic heterocycles. The lowest BCUT2D eigenvalue weighted by molar-refractivity contribution is 0.476. The van der Waals surface area contributed by atoms with E-state index in [4.69, 9.17) is 0 Å². The molecule has 0 radical (unpaired) electrons. The molecule has 0 spiro atoms. The smallest absolute Gasteiger partial charge is 0.123 e. The van der Waals surface area contributed by atoms with Crippen molar-refractivity contribution in [2.75, 3.05) is 0 Å². The van der Waals surface area contributed by atoms with Gasteiger partial charge in [-0.2, -0.15) is 0 Å². The van der Waals surface area contributed by atoms with Crippen LogP contribution in [-0.2, 0) is 5.41 Å². The van der Waals surface area contributed by atoms with Crippen molar-refractivity contribution in [3.05, 3.63) is 180 Å². The van der Waals surface area contributed by atoms with Crippen LogP contribution in [0.3, 0.4) is 0 Å². The number of rotatable bonds is 6. The molecular weight excluding hydrogens is 476 g/mol. The lowest BCUT2D eigenvalue weighted by Crippen LogP contribution is -2.31. The molecule has 2 nitrogen and oxygen atoms in total. The summed E-state index contributed by atoms with van der Waals surface area (Å²) < 4.78 is 0. The van der Waals surface area contributed by atoms with Crippen LogP contribution in [-0.4, -0.2) is 10.2 Å². The molecule has 2 N–H and O–H groups in total. The normalized spacial score (nSPS) is 11.3. The molecule has 0 aliphatic heterocycles. The Labute approximate surface area is 229 Å². The molecular formula is C37H28O2. The van der Waals surface area contributed by atoms with Gasteiger partial charge in [0.2, 0.25) is 0 Å². The quantitative estimate of drug-likeness (QED) is 0.223. The van der Waals surface area contributed by atoms with Gasteiger partial charge in [-0.1, -0.05) is 133 Å². The third-order valence-corrected chi connectivity index (χ3v) is 7.44. The summed E-state index contributed by atoms with van der Waals surface area (Å²) in [6, 6.07) is 52.6.